The molecule has 0 radical (unpaired) electrons. The number of hydrogen-bond donors (Lipinski definition) is 0. The van der Waals surface area contributed by atoms with Gasteiger partial charge in [-0.05, 0) is 40.9 Å². The number of aromatic nitrogens is 1. The molecule has 0 N–H and O–H groups in total. The summed E-state index contributed by atoms with van der Waals surface area (Å²) >= 11 is 3.58. The Morgan fingerprint density at radius 1 is 0.739 bits per heavy atom. The Balaban J connectivity index is 1.79. The Morgan fingerprint density at radius 2 is 1.22 bits per heavy atom. The fourth-order valence-electron chi connectivity index (χ4n) is 3.09. The smallest absolute Gasteiger partial charge is 0.0545 e. The summed E-state index contributed by atoms with van der Waals surface area (Å²) in [6.45, 7) is 2.29. The number of nitrogens with zero attached hydrogens (tertiary/aromatic N) is 1. The van der Waals surface area contributed by atoms with E-state index in [2.05, 4.69) is 33.9 Å². The van der Waals surface area contributed by atoms with Gasteiger partial charge in [0.05, 0.1) is 5.69 Å². The van der Waals surface area contributed by atoms with E-state index in [1.54, 1.807) is 0 Å². The van der Waals surface area contributed by atoms with Crippen LogP contribution < -0.4 is 0 Å². The third-order valence-electron chi connectivity index (χ3n) is 4.60. The number of aryl methyl sites for hydroxylation is 1. The van der Waals surface area contributed by atoms with Crippen molar-refractivity contribution in [3.8, 4) is 0 Å². The van der Waals surface area contributed by atoms with Crippen LogP contribution in [0.1, 0.15) is 103 Å². The van der Waals surface area contributed by atoms with Crippen molar-refractivity contribution >= 4 is 15.9 Å². The summed E-state index contributed by atoms with van der Waals surface area (Å²) in [5.41, 5.74) is 1.21. The van der Waals surface area contributed by atoms with Crippen LogP contribution in [0.15, 0.2) is 22.8 Å². The van der Waals surface area contributed by atoms with Gasteiger partial charge in [-0.2, -0.15) is 0 Å². The van der Waals surface area contributed by atoms with Gasteiger partial charge < -0.3 is 0 Å². The largest absolute Gasteiger partial charge is 0.260 e. The molecule has 2 heteroatoms. The number of rotatable bonds is 15. The molecule has 0 saturated heterocycles. The van der Waals surface area contributed by atoms with Crippen molar-refractivity contribution in [2.24, 2.45) is 0 Å². The third-order valence-corrected chi connectivity index (χ3v) is 5.32. The van der Waals surface area contributed by atoms with Gasteiger partial charge in [0.15, 0.2) is 0 Å². The molecule has 0 saturated carbocycles. The van der Waals surface area contributed by atoms with Crippen LogP contribution in [-0.2, 0) is 6.42 Å². The summed E-state index contributed by atoms with van der Waals surface area (Å²) in [4.78, 5) is 4.43. The molecule has 0 fully saturated rings. The van der Waals surface area contributed by atoms with E-state index in [1.165, 1.54) is 95.6 Å². The van der Waals surface area contributed by atoms with E-state index in [0.717, 1.165) is 10.9 Å². The molecular weight excluding hydrogens is 346 g/mol. The van der Waals surface area contributed by atoms with E-state index in [-0.39, 0.29) is 0 Å². The van der Waals surface area contributed by atoms with Crippen LogP contribution >= 0.6 is 15.9 Å². The Kier molecular flexibility index (Phi) is 13.6. The van der Waals surface area contributed by atoms with E-state index in [4.69, 9.17) is 0 Å². The fraction of sp³-hybridized carbons (Fsp3) is 0.762. The Hall–Kier alpha value is -0.370. The zero-order valence-corrected chi connectivity index (χ0v) is 16.7. The highest BCUT2D eigenvalue weighted by molar-refractivity contribution is 9.10. The van der Waals surface area contributed by atoms with Crippen molar-refractivity contribution in [3.63, 3.8) is 0 Å². The van der Waals surface area contributed by atoms with Crippen molar-refractivity contribution in [1.82, 2.24) is 4.98 Å². The second-order valence-electron chi connectivity index (χ2n) is 6.78. The molecular formula is C21H36BrN. The molecule has 0 bridgehead atoms. The highest BCUT2D eigenvalue weighted by Gasteiger charge is 2.00. The lowest BCUT2D eigenvalue weighted by atomic mass is 10.0. The fourth-order valence-corrected chi connectivity index (χ4v) is 3.54. The minimum atomic E-state index is 1.11. The summed E-state index contributed by atoms with van der Waals surface area (Å²) in [5.74, 6) is 0. The quantitative estimate of drug-likeness (QED) is 0.281. The molecule has 0 unspecified atom stereocenters. The number of halogens is 1. The molecule has 0 atom stereocenters. The first kappa shape index (κ1) is 20.7. The summed E-state index contributed by atoms with van der Waals surface area (Å²) < 4.78 is 1.16. The maximum absolute atomic E-state index is 4.43. The predicted octanol–water partition coefficient (Wildman–Crippen LogP) is 7.87. The standard InChI is InChI=1S/C21H36BrN/c1-2-3-4-5-6-7-8-9-10-11-12-13-14-15-18-21-20(22)17-16-19-23-21/h16-17,19H,2-15,18H2,1H3. The van der Waals surface area contributed by atoms with Crippen molar-refractivity contribution in [1.29, 1.82) is 0 Å². The minimum Gasteiger partial charge on any atom is -0.260 e. The normalized spacial score (nSPS) is 11.0. The molecule has 0 amide bonds. The molecule has 23 heavy (non-hydrogen) atoms. The lowest BCUT2D eigenvalue weighted by molar-refractivity contribution is 0.535. The first-order valence-electron chi connectivity index (χ1n) is 9.94. The van der Waals surface area contributed by atoms with Gasteiger partial charge in [0.1, 0.15) is 0 Å². The zero-order chi connectivity index (χ0) is 16.6. The van der Waals surface area contributed by atoms with Crippen LogP contribution in [0.3, 0.4) is 0 Å². The van der Waals surface area contributed by atoms with Crippen molar-refractivity contribution in [3.05, 3.63) is 28.5 Å². The highest BCUT2D eigenvalue weighted by atomic mass is 79.9. The lowest BCUT2D eigenvalue weighted by Gasteiger charge is -2.04. The van der Waals surface area contributed by atoms with Crippen LogP contribution in [0.5, 0.6) is 0 Å². The summed E-state index contributed by atoms with van der Waals surface area (Å²) in [7, 11) is 0. The topological polar surface area (TPSA) is 12.9 Å². The SMILES string of the molecule is CCCCCCCCCCCCCCCCc1ncccc1Br. The van der Waals surface area contributed by atoms with Gasteiger partial charge in [-0.3, -0.25) is 4.98 Å². The van der Waals surface area contributed by atoms with Crippen LogP contribution in [-0.4, -0.2) is 4.98 Å². The van der Waals surface area contributed by atoms with Gasteiger partial charge in [-0.1, -0.05) is 90.4 Å². The Bertz CT molecular complexity index is 378. The molecule has 1 nitrogen and oxygen atoms in total. The third kappa shape index (κ3) is 11.8. The van der Waals surface area contributed by atoms with Gasteiger partial charge in [-0.25, -0.2) is 0 Å². The average molecular weight is 382 g/mol. The predicted molar refractivity (Wildman–Crippen MR) is 106 cm³/mol. The molecule has 0 aliphatic rings. The Morgan fingerprint density at radius 3 is 1.70 bits per heavy atom. The van der Waals surface area contributed by atoms with Crippen LogP contribution in [0.25, 0.3) is 0 Å². The molecule has 0 aliphatic carbocycles. The molecule has 1 heterocycles. The van der Waals surface area contributed by atoms with Crippen molar-refractivity contribution in [2.75, 3.05) is 0 Å². The van der Waals surface area contributed by atoms with Gasteiger partial charge in [-0.15, -0.1) is 0 Å². The lowest BCUT2D eigenvalue weighted by Crippen LogP contribution is -1.91. The monoisotopic (exact) mass is 381 g/mol. The van der Waals surface area contributed by atoms with Gasteiger partial charge >= 0.3 is 0 Å². The van der Waals surface area contributed by atoms with Gasteiger partial charge in [0.25, 0.3) is 0 Å². The minimum absolute atomic E-state index is 1.11. The molecule has 1 aromatic heterocycles. The average Bonchev–Trinajstić information content (AvgIpc) is 2.57. The van der Waals surface area contributed by atoms with Crippen LogP contribution in [0.4, 0.5) is 0 Å². The van der Waals surface area contributed by atoms with Crippen LogP contribution in [0, 0.1) is 0 Å². The van der Waals surface area contributed by atoms with E-state index in [1.807, 2.05) is 12.3 Å². The second kappa shape index (κ2) is 15.2. The Labute approximate surface area is 152 Å². The van der Waals surface area contributed by atoms with E-state index in [0.29, 0.717) is 0 Å². The summed E-state index contributed by atoms with van der Waals surface area (Å²) in [6, 6.07) is 4.07. The summed E-state index contributed by atoms with van der Waals surface area (Å²) in [6.07, 6.45) is 22.8. The number of hydrogen-bond acceptors (Lipinski definition) is 1. The number of unbranched alkanes of at least 4 members (excludes halogenated alkanes) is 13. The molecule has 0 aromatic carbocycles. The highest BCUT2D eigenvalue weighted by Crippen LogP contribution is 2.17. The van der Waals surface area contributed by atoms with Crippen LogP contribution in [0.2, 0.25) is 0 Å². The number of pyridine rings is 1. The van der Waals surface area contributed by atoms with Gasteiger partial charge in [0.2, 0.25) is 0 Å². The molecule has 1 rings (SSSR count). The first-order valence-corrected chi connectivity index (χ1v) is 10.7. The molecule has 1 aromatic rings. The van der Waals surface area contributed by atoms with E-state index in [9.17, 15) is 0 Å². The first-order chi connectivity index (χ1) is 11.3. The van der Waals surface area contributed by atoms with Gasteiger partial charge in [0, 0.05) is 10.7 Å². The summed E-state index contributed by atoms with van der Waals surface area (Å²) in [5, 5.41) is 0. The van der Waals surface area contributed by atoms with Crippen molar-refractivity contribution < 1.29 is 0 Å². The second-order valence-corrected chi connectivity index (χ2v) is 7.63. The van der Waals surface area contributed by atoms with E-state index >= 15 is 0 Å². The maximum Gasteiger partial charge on any atom is 0.0545 e. The molecule has 0 aliphatic heterocycles. The molecule has 132 valence electrons. The van der Waals surface area contributed by atoms with Crippen molar-refractivity contribution in [2.45, 2.75) is 103 Å². The zero-order valence-electron chi connectivity index (χ0n) is 15.2. The van der Waals surface area contributed by atoms with E-state index < -0.39 is 0 Å². The molecule has 0 spiro atoms. The maximum atomic E-state index is 4.43.